The first-order valence-corrected chi connectivity index (χ1v) is 38.7. The minimum Gasteiger partial charge on any atom is -0.373 e. The van der Waals surface area contributed by atoms with Crippen LogP contribution < -0.4 is 26.6 Å². The van der Waals surface area contributed by atoms with E-state index in [1.165, 1.54) is 16.8 Å². The molecule has 0 saturated carbocycles. The lowest BCUT2D eigenvalue weighted by Crippen LogP contribution is -2.55. The molecule has 5 rings (SSSR count). The number of hydrogen-bond acceptors (Lipinski definition) is 16. The summed E-state index contributed by atoms with van der Waals surface area (Å²) in [6.45, 7) is 78.9. The maximum absolute atomic E-state index is 12.1. The topological polar surface area (TPSA) is 234 Å². The van der Waals surface area contributed by atoms with Crippen LogP contribution >= 0.6 is 0 Å². The fourth-order valence-corrected chi connectivity index (χ4v) is 9.34. The zero-order valence-electron chi connectivity index (χ0n) is 73.6. The van der Waals surface area contributed by atoms with Crippen molar-refractivity contribution >= 4 is 29.5 Å². The fraction of sp³-hybridized carbons (Fsp3) is 0.765. The number of ether oxygens (including phenoxy) is 4. The van der Waals surface area contributed by atoms with Crippen molar-refractivity contribution in [1.82, 2.24) is 61.1 Å². The SMILES string of the molecule is CC(C)(C)CC(=O)NC(C)(C)C.CC(C)(C)Cc1ccc(CC(C)(C)C)nc1.CC(C)(C)NCC(=O)N1CCN(C(=O)CNC(C)(C)C)CC1.CC(C)(C)OCC(=O)N1CCN(C(=O)COC(C)(C)C)CC1.CC(C)NCc1ccc(CNC(C)(C)C)cn1.CC(C)OCc1ccc(COC(C)(C)C)cn1. The van der Waals surface area contributed by atoms with Crippen LogP contribution in [-0.4, -0.2) is 194 Å². The average molecular weight is 1490 g/mol. The van der Waals surface area contributed by atoms with E-state index in [0.717, 1.165) is 42.9 Å². The zero-order chi connectivity index (χ0) is 82.1. The van der Waals surface area contributed by atoms with E-state index < -0.39 is 0 Å². The maximum Gasteiger partial charge on any atom is 0.248 e. The molecule has 0 spiro atoms. The van der Waals surface area contributed by atoms with Gasteiger partial charge in [0.25, 0.3) is 0 Å². The number of carbonyl (C=O) groups excluding carboxylic acids is 5. The van der Waals surface area contributed by atoms with Gasteiger partial charge in [-0.15, -0.1) is 0 Å². The van der Waals surface area contributed by atoms with Gasteiger partial charge in [-0.25, -0.2) is 0 Å². The van der Waals surface area contributed by atoms with Crippen LogP contribution in [0.1, 0.15) is 276 Å². The molecule has 3 aromatic rings. The number of nitrogens with zero attached hydrogens (tertiary/aromatic N) is 7. The second-order valence-corrected chi connectivity index (χ2v) is 39.4. The first kappa shape index (κ1) is 100. The summed E-state index contributed by atoms with van der Waals surface area (Å²) in [6.07, 6.45) is 8.80. The molecule has 3 aromatic heterocycles. The highest BCUT2D eigenvalue weighted by Gasteiger charge is 2.29. The molecule has 2 aliphatic heterocycles. The minimum atomic E-state index is -0.322. The molecule has 0 bridgehead atoms. The first-order chi connectivity index (χ1) is 47.9. The molecule has 2 saturated heterocycles. The highest BCUT2D eigenvalue weighted by molar-refractivity contribution is 5.81. The summed E-state index contributed by atoms with van der Waals surface area (Å²) in [4.78, 5) is 80.2. The Morgan fingerprint density at radius 1 is 0.387 bits per heavy atom. The number of pyridine rings is 3. The maximum atomic E-state index is 12.1. The number of aromatic nitrogens is 3. The van der Waals surface area contributed by atoms with Gasteiger partial charge in [-0.05, 0) is 223 Å². The number of hydrogen-bond donors (Lipinski definition) is 5. The quantitative estimate of drug-likeness (QED) is 0.0667. The van der Waals surface area contributed by atoms with Crippen LogP contribution in [0, 0.1) is 16.2 Å². The first-order valence-electron chi connectivity index (χ1n) is 38.7. The molecule has 2 fully saturated rings. The normalized spacial score (nSPS) is 14.3. The van der Waals surface area contributed by atoms with E-state index in [-0.39, 0.29) is 93.2 Å². The molecular weight excluding hydrogens is 1330 g/mol. The lowest BCUT2D eigenvalue weighted by molar-refractivity contribution is -0.149. The molecule has 5 heterocycles. The van der Waals surface area contributed by atoms with E-state index in [1.807, 2.05) is 179 Å². The second kappa shape index (κ2) is 45.6. The van der Waals surface area contributed by atoms with Crippen LogP contribution in [0.5, 0.6) is 0 Å². The number of nitrogens with one attached hydrogen (secondary N) is 5. The monoisotopic (exact) mass is 1490 g/mol. The molecule has 0 radical (unpaired) electrons. The molecule has 0 atom stereocenters. The van der Waals surface area contributed by atoms with E-state index in [1.54, 1.807) is 9.80 Å². The van der Waals surface area contributed by atoms with Gasteiger partial charge >= 0.3 is 0 Å². The fourth-order valence-electron chi connectivity index (χ4n) is 9.34. The average Bonchev–Trinajstić information content (AvgIpc) is 0.910. The van der Waals surface area contributed by atoms with Crippen molar-refractivity contribution in [3.8, 4) is 0 Å². The van der Waals surface area contributed by atoms with Gasteiger partial charge in [-0.1, -0.05) is 94.4 Å². The van der Waals surface area contributed by atoms with Gasteiger partial charge in [0.1, 0.15) is 13.2 Å². The van der Waals surface area contributed by atoms with Crippen LogP contribution in [0.4, 0.5) is 0 Å². The number of carbonyl (C=O) groups is 5. The summed E-state index contributed by atoms with van der Waals surface area (Å²) in [5, 5.41) is 16.2. The van der Waals surface area contributed by atoms with E-state index in [4.69, 9.17) is 18.9 Å². The highest BCUT2D eigenvalue weighted by atomic mass is 16.5. The number of piperazine rings is 2. The Labute approximate surface area is 646 Å². The van der Waals surface area contributed by atoms with Crippen LogP contribution in [0.25, 0.3) is 0 Å². The molecule has 0 aliphatic carbocycles. The lowest BCUT2D eigenvalue weighted by Gasteiger charge is -2.36. The van der Waals surface area contributed by atoms with Gasteiger partial charge in [0.05, 0.1) is 60.6 Å². The van der Waals surface area contributed by atoms with Crippen LogP contribution in [-0.2, 0) is 82.1 Å². The lowest BCUT2D eigenvalue weighted by atomic mass is 9.88. The van der Waals surface area contributed by atoms with Crippen molar-refractivity contribution < 1.29 is 42.9 Å². The third kappa shape index (κ3) is 58.5. The second-order valence-electron chi connectivity index (χ2n) is 39.4. The Kier molecular flexibility index (Phi) is 43.2. The van der Waals surface area contributed by atoms with Crippen molar-refractivity contribution in [3.63, 3.8) is 0 Å². The van der Waals surface area contributed by atoms with Gasteiger partial charge in [0.2, 0.25) is 29.5 Å². The molecule has 21 heteroatoms. The predicted molar refractivity (Wildman–Crippen MR) is 437 cm³/mol. The van der Waals surface area contributed by atoms with Crippen molar-refractivity contribution in [3.05, 3.63) is 88.8 Å². The molecule has 0 unspecified atom stereocenters. The van der Waals surface area contributed by atoms with Crippen LogP contribution in [0.3, 0.4) is 0 Å². The van der Waals surface area contributed by atoms with E-state index in [0.29, 0.717) is 102 Å². The van der Waals surface area contributed by atoms with E-state index in [2.05, 4.69) is 163 Å². The smallest absolute Gasteiger partial charge is 0.248 e. The van der Waals surface area contributed by atoms with Crippen LogP contribution in [0.2, 0.25) is 0 Å². The Bertz CT molecular complexity index is 2670. The van der Waals surface area contributed by atoms with E-state index >= 15 is 0 Å². The summed E-state index contributed by atoms with van der Waals surface area (Å²) >= 11 is 0. The van der Waals surface area contributed by atoms with Gasteiger partial charge in [-0.3, -0.25) is 38.9 Å². The minimum absolute atomic E-state index is 0.0204. The molecule has 610 valence electrons. The largest absolute Gasteiger partial charge is 0.373 e. The molecule has 2 aliphatic rings. The van der Waals surface area contributed by atoms with Crippen molar-refractivity contribution in [1.29, 1.82) is 0 Å². The van der Waals surface area contributed by atoms with Gasteiger partial charge in [0, 0.05) is 124 Å². The highest BCUT2D eigenvalue weighted by Crippen LogP contribution is 2.24. The van der Waals surface area contributed by atoms with Crippen molar-refractivity contribution in [2.24, 2.45) is 16.2 Å². The molecule has 21 nitrogen and oxygen atoms in total. The van der Waals surface area contributed by atoms with Crippen molar-refractivity contribution in [2.75, 3.05) is 78.7 Å². The zero-order valence-corrected chi connectivity index (χ0v) is 73.6. The molecule has 0 aromatic carbocycles. The summed E-state index contributed by atoms with van der Waals surface area (Å²) in [7, 11) is 0. The Morgan fingerprint density at radius 3 is 1.07 bits per heavy atom. The van der Waals surface area contributed by atoms with Gasteiger partial charge in [-0.2, -0.15) is 0 Å². The Morgan fingerprint density at radius 2 is 0.745 bits per heavy atom. The van der Waals surface area contributed by atoms with E-state index in [9.17, 15) is 24.0 Å². The molecule has 5 N–H and O–H groups in total. The van der Waals surface area contributed by atoms with Gasteiger partial charge < -0.3 is 65.1 Å². The standard InChI is InChI=1S/C16H32N4O2.C16H30N2O4.C15H25N.C14H25N3.C14H23NO2.C10H21NO/c1-15(2,3)17-11-13(21)19-7-9-20(10-8-19)14(22)12-18-16(4,5)6;1-15(2,3)21-11-13(19)17-7-9-18(10-8-17)14(20)12-22-16(4,5)6;1-14(2,3)9-12-7-8-13(16-11-12)10-15(4,5)6;1-11(2)15-10-13-7-6-12(8-16-13)9-17-14(3,4)5;1-11(2)16-10-13-7-6-12(8-15-13)9-17-14(3,4)5;1-9(2,3)7-8(12)11-10(4,5)6/h17-18H,7-12H2,1-6H3;7-12H2,1-6H3;7-8,11H,9-10H2,1-6H3;6-8,11,15,17H,9-10H2,1-5H3;6-8,11H,9-10H2,1-5H3;7H2,1-6H3,(H,11,12). The molecule has 106 heavy (non-hydrogen) atoms. The summed E-state index contributed by atoms with van der Waals surface area (Å²) in [5.74, 6) is 0.306. The Balaban J connectivity index is 0.00000126. The summed E-state index contributed by atoms with van der Waals surface area (Å²) < 4.78 is 22.2. The predicted octanol–water partition coefficient (Wildman–Crippen LogP) is 14.1. The third-order valence-corrected chi connectivity index (χ3v) is 14.8. The van der Waals surface area contributed by atoms with Crippen molar-refractivity contribution in [2.45, 2.75) is 332 Å². The molecule has 5 amide bonds. The third-order valence-electron chi connectivity index (χ3n) is 14.8. The molecular formula is C85H156N12O9. The van der Waals surface area contributed by atoms with Crippen LogP contribution in [0.15, 0.2) is 55.0 Å². The Hall–Kier alpha value is -5.52. The number of amides is 5. The summed E-state index contributed by atoms with van der Waals surface area (Å²) in [5.41, 5.74) is 6.81. The number of rotatable bonds is 21. The summed E-state index contributed by atoms with van der Waals surface area (Å²) in [6, 6.07) is 13.2. The van der Waals surface area contributed by atoms with Gasteiger partial charge in [0.15, 0.2) is 0 Å².